The molecule has 6 heteroatoms. The predicted octanol–water partition coefficient (Wildman–Crippen LogP) is 2.85. The van der Waals surface area contributed by atoms with Gasteiger partial charge in [-0.3, -0.25) is 5.10 Å². The van der Waals surface area contributed by atoms with Crippen molar-refractivity contribution >= 4 is 10.0 Å². The molecule has 0 bridgehead atoms. The van der Waals surface area contributed by atoms with Gasteiger partial charge in [0, 0.05) is 6.54 Å². The fourth-order valence-electron chi connectivity index (χ4n) is 2.51. The van der Waals surface area contributed by atoms with Crippen molar-refractivity contribution < 1.29 is 8.42 Å². The number of aryl methyl sites for hydroxylation is 2. The fraction of sp³-hybridized carbons (Fsp3) is 0.471. The zero-order chi connectivity index (χ0) is 17.3. The molecule has 1 aromatic carbocycles. The average Bonchev–Trinajstić information content (AvgIpc) is 2.78. The maximum Gasteiger partial charge on any atom is 0.244 e. The first-order valence-corrected chi connectivity index (χ1v) is 9.20. The van der Waals surface area contributed by atoms with Crippen LogP contribution in [0.25, 0.3) is 0 Å². The molecule has 2 N–H and O–H groups in total. The summed E-state index contributed by atoms with van der Waals surface area (Å²) in [7, 11) is -3.52. The molecule has 0 aliphatic carbocycles. The van der Waals surface area contributed by atoms with E-state index in [1.807, 2.05) is 0 Å². The Morgan fingerprint density at radius 3 is 2.22 bits per heavy atom. The normalized spacial score (nSPS) is 12.6. The number of hydrogen-bond donors (Lipinski definition) is 2. The molecule has 0 atom stereocenters. The van der Waals surface area contributed by atoms with Gasteiger partial charge < -0.3 is 0 Å². The molecule has 1 heterocycles. The molecule has 126 valence electrons. The lowest BCUT2D eigenvalue weighted by atomic mass is 9.86. The van der Waals surface area contributed by atoms with Gasteiger partial charge >= 0.3 is 0 Å². The first-order chi connectivity index (χ1) is 10.6. The lowest BCUT2D eigenvalue weighted by Gasteiger charge is -2.19. The molecule has 2 rings (SSSR count). The van der Waals surface area contributed by atoms with E-state index in [1.54, 1.807) is 13.8 Å². The van der Waals surface area contributed by atoms with Crippen LogP contribution in [0.5, 0.6) is 0 Å². The van der Waals surface area contributed by atoms with Crippen LogP contribution in [0.2, 0.25) is 0 Å². The Morgan fingerprint density at radius 2 is 1.74 bits per heavy atom. The molecule has 0 radical (unpaired) electrons. The largest absolute Gasteiger partial charge is 0.281 e. The monoisotopic (exact) mass is 335 g/mol. The van der Waals surface area contributed by atoms with Crippen LogP contribution in [-0.4, -0.2) is 25.2 Å². The zero-order valence-corrected chi connectivity index (χ0v) is 15.2. The Bertz CT molecular complexity index is 750. The number of benzene rings is 1. The minimum Gasteiger partial charge on any atom is -0.281 e. The number of aromatic nitrogens is 2. The van der Waals surface area contributed by atoms with Gasteiger partial charge in [-0.25, -0.2) is 13.1 Å². The SMILES string of the molecule is Cc1n[nH]c(C)c1S(=O)(=O)NCCc1ccc(C(C)(C)C)cc1. The van der Waals surface area contributed by atoms with E-state index in [0.29, 0.717) is 24.4 Å². The Kier molecular flexibility index (Phi) is 4.96. The summed E-state index contributed by atoms with van der Waals surface area (Å²) in [5.74, 6) is 0. The molecule has 0 aliphatic rings. The summed E-state index contributed by atoms with van der Waals surface area (Å²) in [6.45, 7) is 10.3. The molecule has 5 nitrogen and oxygen atoms in total. The fourth-order valence-corrected chi connectivity index (χ4v) is 3.91. The highest BCUT2D eigenvalue weighted by Crippen LogP contribution is 2.22. The summed E-state index contributed by atoms with van der Waals surface area (Å²) in [6.07, 6.45) is 0.652. The molecule has 23 heavy (non-hydrogen) atoms. The number of hydrogen-bond acceptors (Lipinski definition) is 3. The van der Waals surface area contributed by atoms with Crippen molar-refractivity contribution in [1.29, 1.82) is 0 Å². The lowest BCUT2D eigenvalue weighted by molar-refractivity contribution is 0.580. The number of sulfonamides is 1. The van der Waals surface area contributed by atoms with Crippen LogP contribution in [-0.2, 0) is 21.9 Å². The molecule has 2 aromatic rings. The van der Waals surface area contributed by atoms with Gasteiger partial charge in [-0.1, -0.05) is 45.0 Å². The summed E-state index contributed by atoms with van der Waals surface area (Å²) >= 11 is 0. The third kappa shape index (κ3) is 4.20. The van der Waals surface area contributed by atoms with Crippen molar-refractivity contribution in [3.05, 3.63) is 46.8 Å². The molecular weight excluding hydrogens is 310 g/mol. The van der Waals surface area contributed by atoms with Gasteiger partial charge in [0.1, 0.15) is 4.90 Å². The van der Waals surface area contributed by atoms with Gasteiger partial charge in [0.2, 0.25) is 10.0 Å². The molecular formula is C17H25N3O2S. The molecule has 0 saturated heterocycles. The van der Waals surface area contributed by atoms with Gasteiger partial charge in [-0.15, -0.1) is 0 Å². The number of aromatic amines is 1. The zero-order valence-electron chi connectivity index (χ0n) is 14.4. The summed E-state index contributed by atoms with van der Waals surface area (Å²) in [5.41, 5.74) is 3.55. The van der Waals surface area contributed by atoms with Crippen LogP contribution in [0.1, 0.15) is 43.3 Å². The van der Waals surface area contributed by atoms with Gasteiger partial charge in [0.25, 0.3) is 0 Å². The quantitative estimate of drug-likeness (QED) is 0.882. The van der Waals surface area contributed by atoms with Gasteiger partial charge in [-0.05, 0) is 36.8 Å². The van der Waals surface area contributed by atoms with E-state index in [1.165, 1.54) is 5.56 Å². The first-order valence-electron chi connectivity index (χ1n) is 7.72. The molecule has 0 unspecified atom stereocenters. The van der Waals surface area contributed by atoms with Gasteiger partial charge in [0.15, 0.2) is 0 Å². The predicted molar refractivity (Wildman–Crippen MR) is 92.1 cm³/mol. The Morgan fingerprint density at radius 1 is 1.13 bits per heavy atom. The van der Waals surface area contributed by atoms with Crippen LogP contribution in [0, 0.1) is 13.8 Å². The van der Waals surface area contributed by atoms with E-state index in [4.69, 9.17) is 0 Å². The maximum absolute atomic E-state index is 12.3. The Balaban J connectivity index is 2.00. The van der Waals surface area contributed by atoms with E-state index in [0.717, 1.165) is 5.56 Å². The van der Waals surface area contributed by atoms with Crippen molar-refractivity contribution in [2.45, 2.75) is 51.3 Å². The second-order valence-electron chi connectivity index (χ2n) is 6.86. The number of nitrogens with zero attached hydrogens (tertiary/aromatic N) is 1. The minimum absolute atomic E-state index is 0.121. The first kappa shape index (κ1) is 17.7. The van der Waals surface area contributed by atoms with Crippen LogP contribution < -0.4 is 4.72 Å². The van der Waals surface area contributed by atoms with Gasteiger partial charge in [0.05, 0.1) is 11.4 Å². The second kappa shape index (κ2) is 6.45. The van der Waals surface area contributed by atoms with Crippen molar-refractivity contribution in [3.63, 3.8) is 0 Å². The van der Waals surface area contributed by atoms with Gasteiger partial charge in [-0.2, -0.15) is 5.10 Å². The Hall–Kier alpha value is -1.66. The summed E-state index contributed by atoms with van der Waals surface area (Å²) in [5, 5.41) is 6.64. The highest BCUT2D eigenvalue weighted by molar-refractivity contribution is 7.89. The standard InChI is InChI=1S/C17H25N3O2S/c1-12-16(13(2)20-19-12)23(21,22)18-11-10-14-6-8-15(9-7-14)17(3,4)5/h6-9,18H,10-11H2,1-5H3,(H,19,20). The summed E-state index contributed by atoms with van der Waals surface area (Å²) in [6, 6.07) is 8.33. The van der Waals surface area contributed by atoms with E-state index in [9.17, 15) is 8.42 Å². The smallest absolute Gasteiger partial charge is 0.244 e. The summed E-state index contributed by atoms with van der Waals surface area (Å²) < 4.78 is 27.3. The molecule has 1 aromatic heterocycles. The summed E-state index contributed by atoms with van der Waals surface area (Å²) in [4.78, 5) is 0.251. The van der Waals surface area contributed by atoms with Crippen LogP contribution in [0.15, 0.2) is 29.2 Å². The molecule has 0 saturated carbocycles. The second-order valence-corrected chi connectivity index (χ2v) is 8.56. The number of rotatable bonds is 5. The third-order valence-corrected chi connectivity index (χ3v) is 5.58. The van der Waals surface area contributed by atoms with Crippen LogP contribution >= 0.6 is 0 Å². The Labute approximate surface area is 138 Å². The van der Waals surface area contributed by atoms with E-state index in [-0.39, 0.29) is 10.3 Å². The van der Waals surface area contributed by atoms with Crippen LogP contribution in [0.4, 0.5) is 0 Å². The highest BCUT2D eigenvalue weighted by Gasteiger charge is 2.21. The average molecular weight is 335 g/mol. The van der Waals surface area contributed by atoms with Crippen molar-refractivity contribution in [2.75, 3.05) is 6.54 Å². The van der Waals surface area contributed by atoms with E-state index < -0.39 is 10.0 Å². The van der Waals surface area contributed by atoms with E-state index in [2.05, 4.69) is 60.0 Å². The highest BCUT2D eigenvalue weighted by atomic mass is 32.2. The minimum atomic E-state index is -3.52. The number of nitrogens with one attached hydrogen (secondary N) is 2. The van der Waals surface area contributed by atoms with Crippen molar-refractivity contribution in [1.82, 2.24) is 14.9 Å². The van der Waals surface area contributed by atoms with Crippen molar-refractivity contribution in [3.8, 4) is 0 Å². The lowest BCUT2D eigenvalue weighted by Crippen LogP contribution is -2.26. The van der Waals surface area contributed by atoms with Crippen molar-refractivity contribution in [2.24, 2.45) is 0 Å². The molecule has 0 amide bonds. The molecule has 0 aliphatic heterocycles. The number of H-pyrrole nitrogens is 1. The molecule has 0 spiro atoms. The van der Waals surface area contributed by atoms with E-state index >= 15 is 0 Å². The topological polar surface area (TPSA) is 74.8 Å². The van der Waals surface area contributed by atoms with Crippen LogP contribution in [0.3, 0.4) is 0 Å². The maximum atomic E-state index is 12.3. The molecule has 0 fully saturated rings. The third-order valence-electron chi connectivity index (χ3n) is 3.85.